The molecule has 142 valence electrons. The van der Waals surface area contributed by atoms with Crippen LogP contribution in [0.1, 0.15) is 30.0 Å². The summed E-state index contributed by atoms with van der Waals surface area (Å²) in [4.78, 5) is 17.7. The number of hydrogen-bond donors (Lipinski definition) is 3. The Bertz CT molecular complexity index is 1130. The first-order valence-electron chi connectivity index (χ1n) is 9.14. The monoisotopic (exact) mass is 378 g/mol. The Morgan fingerprint density at radius 2 is 2.11 bits per heavy atom. The summed E-state index contributed by atoms with van der Waals surface area (Å²) in [6.45, 7) is 0.326. The second kappa shape index (κ2) is 6.59. The Morgan fingerprint density at radius 3 is 2.96 bits per heavy atom. The van der Waals surface area contributed by atoms with Crippen LogP contribution >= 0.6 is 0 Å². The molecular weight excluding hydrogens is 359 g/mol. The zero-order valence-corrected chi connectivity index (χ0v) is 15.3. The van der Waals surface area contributed by atoms with E-state index >= 15 is 0 Å². The summed E-state index contributed by atoms with van der Waals surface area (Å²) in [5, 5.41) is 10.5. The van der Waals surface area contributed by atoms with Gasteiger partial charge in [-0.25, -0.2) is 14.4 Å². The molecule has 0 bridgehead atoms. The van der Waals surface area contributed by atoms with Gasteiger partial charge in [-0.3, -0.25) is 5.10 Å². The van der Waals surface area contributed by atoms with Crippen molar-refractivity contribution in [2.75, 3.05) is 17.3 Å². The van der Waals surface area contributed by atoms with E-state index in [1.54, 1.807) is 29.6 Å². The topological polar surface area (TPSA) is 98.4 Å². The van der Waals surface area contributed by atoms with Gasteiger partial charge in [0.2, 0.25) is 5.95 Å². The van der Waals surface area contributed by atoms with E-state index in [4.69, 9.17) is 0 Å². The van der Waals surface area contributed by atoms with Gasteiger partial charge in [0.15, 0.2) is 5.82 Å². The number of nitrogens with zero attached hydrogens (tertiary/aromatic N) is 5. The number of imidazole rings is 1. The van der Waals surface area contributed by atoms with Crippen molar-refractivity contribution >= 4 is 28.6 Å². The molecule has 4 aromatic rings. The lowest BCUT2D eigenvalue weighted by Gasteiger charge is -2.18. The fraction of sp³-hybridized carbons (Fsp3) is 0.263. The summed E-state index contributed by atoms with van der Waals surface area (Å²) in [5.74, 6) is 2.17. The smallest absolute Gasteiger partial charge is 0.227 e. The molecule has 0 aliphatic heterocycles. The van der Waals surface area contributed by atoms with Crippen LogP contribution in [0.5, 0.6) is 0 Å². The fourth-order valence-electron chi connectivity index (χ4n) is 3.18. The third-order valence-electron chi connectivity index (χ3n) is 4.85. The van der Waals surface area contributed by atoms with Gasteiger partial charge in [-0.15, -0.1) is 0 Å². The third-order valence-corrected chi connectivity index (χ3v) is 4.85. The van der Waals surface area contributed by atoms with Crippen molar-refractivity contribution in [1.29, 1.82) is 0 Å². The average molecular weight is 378 g/mol. The largest absolute Gasteiger partial charge is 0.345 e. The van der Waals surface area contributed by atoms with E-state index in [1.165, 1.54) is 18.9 Å². The van der Waals surface area contributed by atoms with E-state index in [0.717, 1.165) is 17.0 Å². The number of halogens is 1. The molecule has 8 nitrogen and oxygen atoms in total. The highest BCUT2D eigenvalue weighted by atomic mass is 19.1. The van der Waals surface area contributed by atoms with Crippen molar-refractivity contribution in [1.82, 2.24) is 30.1 Å². The Hall–Kier alpha value is -3.49. The first-order valence-corrected chi connectivity index (χ1v) is 9.14. The van der Waals surface area contributed by atoms with Crippen LogP contribution in [-0.2, 0) is 6.54 Å². The van der Waals surface area contributed by atoms with Gasteiger partial charge in [0.1, 0.15) is 11.6 Å². The van der Waals surface area contributed by atoms with Gasteiger partial charge in [-0.2, -0.15) is 10.1 Å². The molecule has 1 fully saturated rings. The summed E-state index contributed by atoms with van der Waals surface area (Å²) >= 11 is 0. The van der Waals surface area contributed by atoms with Crippen LogP contribution in [0.25, 0.3) is 11.0 Å². The first-order chi connectivity index (χ1) is 13.7. The number of anilines is 3. The maximum Gasteiger partial charge on any atom is 0.227 e. The van der Waals surface area contributed by atoms with Gasteiger partial charge in [0, 0.05) is 43.0 Å². The number of nitrogens with one attached hydrogen (secondary N) is 3. The second-order valence-corrected chi connectivity index (χ2v) is 7.07. The van der Waals surface area contributed by atoms with Crippen molar-refractivity contribution in [2.24, 2.45) is 0 Å². The minimum absolute atomic E-state index is 0.290. The van der Waals surface area contributed by atoms with Crippen molar-refractivity contribution in [3.8, 4) is 0 Å². The minimum atomic E-state index is -0.290. The summed E-state index contributed by atoms with van der Waals surface area (Å²) in [5.41, 5.74) is 3.09. The highest BCUT2D eigenvalue weighted by molar-refractivity contribution is 5.75. The SMILES string of the molecule is CN(Cc1cc2nc[nH]c2cc1F)c1nccc(Nc2cc(C3CC3)[nH]n2)n1. The molecule has 3 N–H and O–H groups in total. The van der Waals surface area contributed by atoms with E-state index in [0.29, 0.717) is 35.3 Å². The predicted octanol–water partition coefficient (Wildman–Crippen LogP) is 3.47. The highest BCUT2D eigenvalue weighted by Crippen LogP contribution is 2.39. The van der Waals surface area contributed by atoms with Gasteiger partial charge in [0.25, 0.3) is 0 Å². The predicted molar refractivity (Wildman–Crippen MR) is 104 cm³/mol. The van der Waals surface area contributed by atoms with Crippen LogP contribution in [0.2, 0.25) is 0 Å². The standard InChI is InChI=1S/C19H19FN8/c1-28(9-12-6-15-16(7-13(12)20)23-10-22-15)19-21-5-4-17(25-19)24-18-8-14(26-27-18)11-2-3-11/h4-8,10-11H,2-3,9H2,1H3,(H,22,23)(H2,21,24,25,26,27). The Kier molecular flexibility index (Phi) is 3.92. The van der Waals surface area contributed by atoms with E-state index in [2.05, 4.69) is 35.5 Å². The molecule has 1 aromatic carbocycles. The molecule has 1 aliphatic rings. The Labute approximate surface area is 160 Å². The van der Waals surface area contributed by atoms with Gasteiger partial charge in [-0.05, 0) is 31.0 Å². The molecule has 0 atom stereocenters. The summed E-state index contributed by atoms with van der Waals surface area (Å²) in [6.07, 6.45) is 5.65. The highest BCUT2D eigenvalue weighted by Gasteiger charge is 2.25. The third kappa shape index (κ3) is 3.26. The Morgan fingerprint density at radius 1 is 1.21 bits per heavy atom. The normalized spacial score (nSPS) is 13.8. The van der Waals surface area contributed by atoms with Crippen LogP contribution in [0, 0.1) is 5.82 Å². The molecule has 0 saturated heterocycles. The number of aromatic amines is 2. The lowest BCUT2D eigenvalue weighted by molar-refractivity contribution is 0.608. The lowest BCUT2D eigenvalue weighted by Crippen LogP contribution is -2.20. The van der Waals surface area contributed by atoms with Crippen molar-refractivity contribution in [3.63, 3.8) is 0 Å². The molecule has 1 saturated carbocycles. The molecule has 0 spiro atoms. The van der Waals surface area contributed by atoms with Crippen LogP contribution in [-0.4, -0.2) is 37.2 Å². The van der Waals surface area contributed by atoms with Crippen molar-refractivity contribution < 1.29 is 4.39 Å². The maximum atomic E-state index is 14.4. The molecular formula is C19H19FN8. The first kappa shape index (κ1) is 16.7. The van der Waals surface area contributed by atoms with Gasteiger partial charge in [0.05, 0.1) is 17.4 Å². The van der Waals surface area contributed by atoms with E-state index < -0.39 is 0 Å². The van der Waals surface area contributed by atoms with Crippen molar-refractivity contribution in [2.45, 2.75) is 25.3 Å². The van der Waals surface area contributed by atoms with E-state index in [1.807, 2.05) is 13.1 Å². The lowest BCUT2D eigenvalue weighted by atomic mass is 10.2. The molecule has 3 aromatic heterocycles. The molecule has 9 heteroatoms. The summed E-state index contributed by atoms with van der Waals surface area (Å²) in [7, 11) is 1.83. The van der Waals surface area contributed by atoms with Gasteiger partial charge < -0.3 is 15.2 Å². The maximum absolute atomic E-state index is 14.4. The number of H-pyrrole nitrogens is 2. The number of benzene rings is 1. The summed E-state index contributed by atoms with van der Waals surface area (Å²) < 4.78 is 14.4. The Balaban J connectivity index is 1.33. The molecule has 3 heterocycles. The van der Waals surface area contributed by atoms with Crippen LogP contribution < -0.4 is 10.2 Å². The van der Waals surface area contributed by atoms with Crippen LogP contribution in [0.15, 0.2) is 36.8 Å². The van der Waals surface area contributed by atoms with Crippen LogP contribution in [0.4, 0.5) is 22.0 Å². The number of rotatable bonds is 6. The average Bonchev–Trinajstić information content (AvgIpc) is 3.28. The molecule has 0 amide bonds. The second-order valence-electron chi connectivity index (χ2n) is 7.07. The van der Waals surface area contributed by atoms with E-state index in [9.17, 15) is 4.39 Å². The van der Waals surface area contributed by atoms with Gasteiger partial charge >= 0.3 is 0 Å². The quantitative estimate of drug-likeness (QED) is 0.475. The number of fused-ring (bicyclic) bond motifs is 1. The summed E-state index contributed by atoms with van der Waals surface area (Å²) in [6, 6.07) is 6.99. The zero-order chi connectivity index (χ0) is 19.1. The molecule has 0 unspecified atom stereocenters. The van der Waals surface area contributed by atoms with E-state index in [-0.39, 0.29) is 5.82 Å². The van der Waals surface area contributed by atoms with Gasteiger partial charge in [-0.1, -0.05) is 0 Å². The molecule has 28 heavy (non-hydrogen) atoms. The fourth-order valence-corrected chi connectivity index (χ4v) is 3.18. The minimum Gasteiger partial charge on any atom is -0.345 e. The molecule has 1 aliphatic carbocycles. The van der Waals surface area contributed by atoms with Crippen molar-refractivity contribution in [3.05, 3.63) is 53.9 Å². The van der Waals surface area contributed by atoms with Crippen LogP contribution in [0.3, 0.4) is 0 Å². The molecule has 0 radical (unpaired) electrons. The number of hydrogen-bond acceptors (Lipinski definition) is 6. The molecule has 5 rings (SSSR count). The number of aromatic nitrogens is 6. The zero-order valence-electron chi connectivity index (χ0n) is 15.3.